The Bertz CT molecular complexity index is 606. The van der Waals surface area contributed by atoms with Gasteiger partial charge in [-0.1, -0.05) is 29.4 Å². The Hall–Kier alpha value is -0.650. The van der Waals surface area contributed by atoms with Crippen molar-refractivity contribution < 1.29 is 19.0 Å². The number of carbonyl (C=O) groups excluding carboxylic acids is 1. The van der Waals surface area contributed by atoms with Crippen LogP contribution in [0.15, 0.2) is 22.2 Å². The van der Waals surface area contributed by atoms with Crippen molar-refractivity contribution >= 4 is 21.9 Å². The Morgan fingerprint density at radius 2 is 2.21 bits per heavy atom. The number of rotatable bonds is 4. The van der Waals surface area contributed by atoms with Crippen molar-refractivity contribution in [2.75, 3.05) is 6.61 Å². The van der Waals surface area contributed by atoms with E-state index in [2.05, 4.69) is 29.4 Å². The molecule has 0 aromatic rings. The van der Waals surface area contributed by atoms with Crippen molar-refractivity contribution in [2.24, 2.45) is 17.3 Å². The van der Waals surface area contributed by atoms with Crippen molar-refractivity contribution in [3.63, 3.8) is 0 Å². The van der Waals surface area contributed by atoms with Crippen LogP contribution in [0.25, 0.3) is 0 Å². The topological polar surface area (TPSA) is 44.8 Å². The largest absolute Gasteiger partial charge is 0.454 e. The van der Waals surface area contributed by atoms with Gasteiger partial charge in [-0.05, 0) is 61.9 Å². The van der Waals surface area contributed by atoms with Crippen molar-refractivity contribution in [3.05, 3.63) is 22.2 Å². The van der Waals surface area contributed by atoms with Crippen LogP contribution >= 0.6 is 15.9 Å². The molecule has 5 heteroatoms. The lowest BCUT2D eigenvalue weighted by atomic mass is 9.76. The van der Waals surface area contributed by atoms with Crippen LogP contribution in [0.1, 0.15) is 46.0 Å². The Morgan fingerprint density at radius 3 is 2.83 bits per heavy atom. The second-order valence-electron chi connectivity index (χ2n) is 7.87. The van der Waals surface area contributed by atoms with E-state index < -0.39 is 0 Å². The average Bonchev–Trinajstić information content (AvgIpc) is 3.30. The van der Waals surface area contributed by atoms with Gasteiger partial charge in [-0.3, -0.25) is 0 Å². The number of cyclic esters (lactones) is 1. The molecule has 2 saturated carbocycles. The number of ether oxygens (including phenoxy) is 3. The Kier molecular flexibility index (Phi) is 4.17. The van der Waals surface area contributed by atoms with Gasteiger partial charge in [0.05, 0.1) is 6.10 Å². The van der Waals surface area contributed by atoms with Crippen molar-refractivity contribution in [3.8, 4) is 0 Å². The van der Waals surface area contributed by atoms with Gasteiger partial charge in [0.15, 0.2) is 6.29 Å². The molecule has 4 aliphatic rings. The van der Waals surface area contributed by atoms with E-state index in [1.54, 1.807) is 0 Å². The predicted molar refractivity (Wildman–Crippen MR) is 93.4 cm³/mol. The molecule has 0 aromatic heterocycles. The maximum atomic E-state index is 11.8. The molecule has 6 atom stereocenters. The lowest BCUT2D eigenvalue weighted by Gasteiger charge is -2.34. The lowest BCUT2D eigenvalue weighted by molar-refractivity contribution is -0.183. The van der Waals surface area contributed by atoms with Crippen molar-refractivity contribution in [2.45, 2.75) is 64.4 Å². The minimum absolute atomic E-state index is 0.0431. The normalized spacial score (nSPS) is 44.7. The van der Waals surface area contributed by atoms with Crippen LogP contribution in [0, 0.1) is 17.3 Å². The highest BCUT2D eigenvalue weighted by Gasteiger charge is 2.64. The fraction of sp³-hybridized carbons (Fsp3) is 0.737. The fourth-order valence-electron chi connectivity index (χ4n) is 4.68. The summed E-state index contributed by atoms with van der Waals surface area (Å²) < 4.78 is 18.5. The number of esters is 1. The molecule has 3 fully saturated rings. The van der Waals surface area contributed by atoms with Crippen LogP contribution in [0.2, 0.25) is 0 Å². The lowest BCUT2D eigenvalue weighted by Crippen LogP contribution is -2.33. The molecule has 132 valence electrons. The molecule has 1 saturated heterocycles. The predicted octanol–water partition coefficient (Wildman–Crippen LogP) is 4.09. The number of fused-ring (bicyclic) bond motifs is 1. The molecular weight excluding hydrogens is 372 g/mol. The van der Waals surface area contributed by atoms with Gasteiger partial charge in [-0.2, -0.15) is 0 Å². The highest BCUT2D eigenvalue weighted by molar-refractivity contribution is 9.11. The van der Waals surface area contributed by atoms with Crippen LogP contribution in [-0.2, 0) is 19.0 Å². The third kappa shape index (κ3) is 2.60. The van der Waals surface area contributed by atoms with E-state index in [1.165, 1.54) is 12.8 Å². The minimum atomic E-state index is -0.213. The monoisotopic (exact) mass is 396 g/mol. The van der Waals surface area contributed by atoms with Gasteiger partial charge in [-0.25, -0.2) is 4.79 Å². The smallest absolute Gasteiger partial charge is 0.335 e. The second-order valence-corrected chi connectivity index (χ2v) is 8.73. The summed E-state index contributed by atoms with van der Waals surface area (Å²) in [6.45, 7) is 9.25. The van der Waals surface area contributed by atoms with Crippen molar-refractivity contribution in [1.82, 2.24) is 0 Å². The highest BCUT2D eigenvalue weighted by Crippen LogP contribution is 2.67. The highest BCUT2D eigenvalue weighted by atomic mass is 79.9. The van der Waals surface area contributed by atoms with Crippen LogP contribution in [0.3, 0.4) is 0 Å². The molecule has 2 heterocycles. The van der Waals surface area contributed by atoms with Crippen LogP contribution in [-0.4, -0.2) is 31.1 Å². The van der Waals surface area contributed by atoms with E-state index in [0.29, 0.717) is 17.4 Å². The molecule has 2 aliphatic heterocycles. The number of carbonyl (C=O) groups is 1. The van der Waals surface area contributed by atoms with E-state index in [0.717, 1.165) is 35.9 Å². The zero-order valence-electron chi connectivity index (χ0n) is 14.3. The Morgan fingerprint density at radius 1 is 1.42 bits per heavy atom. The van der Waals surface area contributed by atoms with Gasteiger partial charge in [0, 0.05) is 16.7 Å². The molecule has 0 radical (unpaired) electrons. The summed E-state index contributed by atoms with van der Waals surface area (Å²) in [7, 11) is 0. The molecule has 0 N–H and O–H groups in total. The van der Waals surface area contributed by atoms with E-state index in [4.69, 9.17) is 14.2 Å². The van der Waals surface area contributed by atoms with Gasteiger partial charge in [-0.15, -0.1) is 0 Å². The molecule has 0 spiro atoms. The average molecular weight is 397 g/mol. The van der Waals surface area contributed by atoms with Crippen LogP contribution in [0.5, 0.6) is 0 Å². The van der Waals surface area contributed by atoms with Gasteiger partial charge in [0.1, 0.15) is 6.10 Å². The zero-order valence-corrected chi connectivity index (χ0v) is 15.9. The Labute approximate surface area is 151 Å². The second kappa shape index (κ2) is 5.96. The third-order valence-electron chi connectivity index (χ3n) is 6.37. The summed E-state index contributed by atoms with van der Waals surface area (Å²) in [5, 5.41) is 0. The summed E-state index contributed by atoms with van der Waals surface area (Å²) in [4.78, 5) is 11.8. The van der Waals surface area contributed by atoms with E-state index in [-0.39, 0.29) is 29.9 Å². The van der Waals surface area contributed by atoms with Gasteiger partial charge in [0.25, 0.3) is 0 Å². The first kappa shape index (κ1) is 16.8. The summed E-state index contributed by atoms with van der Waals surface area (Å²) in [6.07, 6.45) is 5.05. The zero-order chi connectivity index (χ0) is 17.1. The van der Waals surface area contributed by atoms with Crippen LogP contribution in [0.4, 0.5) is 0 Å². The molecule has 2 aliphatic carbocycles. The fourth-order valence-corrected chi connectivity index (χ4v) is 5.09. The van der Waals surface area contributed by atoms with Gasteiger partial charge >= 0.3 is 5.97 Å². The standard InChI is InChI=1S/C19H25BrO4/c1-10-16(20)14(23-18(10)21)9-19(3)11(2)17(12-8-13(12)19)24-15-6-4-5-7-22-15/h12-15,17H,2,4-9H2,1,3H3/t12-,13+,14+,15?,17?,19-/m0/s1. The van der Waals surface area contributed by atoms with Gasteiger partial charge in [0.2, 0.25) is 0 Å². The Balaban J connectivity index is 1.46. The molecule has 0 bridgehead atoms. The number of hydrogen-bond acceptors (Lipinski definition) is 4. The minimum Gasteiger partial charge on any atom is -0.454 e. The van der Waals surface area contributed by atoms with E-state index >= 15 is 0 Å². The summed E-state index contributed by atoms with van der Waals surface area (Å²) >= 11 is 3.54. The van der Waals surface area contributed by atoms with E-state index in [9.17, 15) is 4.79 Å². The summed E-state index contributed by atoms with van der Waals surface area (Å²) in [5.41, 5.74) is 1.79. The third-order valence-corrected chi connectivity index (χ3v) is 7.47. The molecule has 2 unspecified atom stereocenters. The summed E-state index contributed by atoms with van der Waals surface area (Å²) in [6, 6.07) is 0. The molecule has 0 amide bonds. The number of hydrogen-bond donors (Lipinski definition) is 0. The first-order valence-corrected chi connectivity index (χ1v) is 9.74. The maximum Gasteiger partial charge on any atom is 0.335 e. The van der Waals surface area contributed by atoms with Gasteiger partial charge < -0.3 is 14.2 Å². The summed E-state index contributed by atoms with van der Waals surface area (Å²) in [5.74, 6) is 0.919. The van der Waals surface area contributed by atoms with E-state index in [1.807, 2.05) is 6.92 Å². The molecular formula is C19H25BrO4. The number of halogens is 1. The maximum absolute atomic E-state index is 11.8. The SMILES string of the molecule is C=C1C(OC2CCCCO2)[C@H]2C[C@H]2[C@@]1(C)C[C@H]1OC(=O)C(C)=C1Br. The van der Waals surface area contributed by atoms with Crippen LogP contribution < -0.4 is 0 Å². The molecule has 24 heavy (non-hydrogen) atoms. The quantitative estimate of drug-likeness (QED) is 0.530. The molecule has 4 rings (SSSR count). The first-order valence-electron chi connectivity index (χ1n) is 8.95. The van der Waals surface area contributed by atoms with Crippen molar-refractivity contribution in [1.29, 1.82) is 0 Å². The first-order chi connectivity index (χ1) is 11.4. The molecule has 0 aromatic carbocycles. The molecule has 4 nitrogen and oxygen atoms in total.